The summed E-state index contributed by atoms with van der Waals surface area (Å²) < 4.78 is 7.29. The van der Waals surface area contributed by atoms with Crippen molar-refractivity contribution < 1.29 is 14.3 Å². The number of carbonyl (C=O) groups excluding carboxylic acids is 2. The van der Waals surface area contributed by atoms with Gasteiger partial charge in [0.15, 0.2) is 17.6 Å². The Morgan fingerprint density at radius 3 is 2.56 bits per heavy atom. The molecule has 2 amide bonds. The van der Waals surface area contributed by atoms with Crippen LogP contribution < -0.4 is 15.4 Å². The maximum atomic E-state index is 12.3. The Bertz CT molecular complexity index is 1150. The summed E-state index contributed by atoms with van der Waals surface area (Å²) in [5.74, 6) is 1.38. The molecule has 0 spiro atoms. The van der Waals surface area contributed by atoms with E-state index in [1.165, 1.54) is 17.3 Å². The van der Waals surface area contributed by atoms with Crippen LogP contribution >= 0.6 is 23.4 Å². The first-order chi connectivity index (χ1) is 16.2. The Labute approximate surface area is 208 Å². The third kappa shape index (κ3) is 6.98. The summed E-state index contributed by atoms with van der Waals surface area (Å²) in [7, 11) is 1.79. The zero-order chi connectivity index (χ0) is 24.7. The highest BCUT2D eigenvalue weighted by atomic mass is 35.5. The molecule has 180 valence electrons. The summed E-state index contributed by atoms with van der Waals surface area (Å²) in [4.78, 5) is 24.5. The van der Waals surface area contributed by atoms with Crippen LogP contribution in [0.3, 0.4) is 0 Å². The molecule has 3 aromatic rings. The highest BCUT2D eigenvalue weighted by molar-refractivity contribution is 7.99. The maximum Gasteiger partial charge on any atom is 0.258 e. The number of halogens is 1. The molecule has 0 aliphatic heterocycles. The van der Waals surface area contributed by atoms with Crippen LogP contribution in [0.4, 0.5) is 5.69 Å². The number of anilines is 1. The van der Waals surface area contributed by atoms with E-state index in [-0.39, 0.29) is 30.7 Å². The van der Waals surface area contributed by atoms with Gasteiger partial charge in [0.05, 0.1) is 12.3 Å². The second kappa shape index (κ2) is 11.9. The van der Waals surface area contributed by atoms with Gasteiger partial charge in [-0.15, -0.1) is 10.2 Å². The number of hydrogen-bond acceptors (Lipinski definition) is 6. The SMILES string of the molecule is Cc1c(Cl)cccc1NC(=O)CSc1nnc(CNC(=O)COc2ccc(C(C)C)cc2)n1C. The van der Waals surface area contributed by atoms with Crippen molar-refractivity contribution in [2.75, 3.05) is 17.7 Å². The fraction of sp³-hybridized carbons (Fsp3) is 0.333. The van der Waals surface area contributed by atoms with Gasteiger partial charge in [0.2, 0.25) is 5.91 Å². The monoisotopic (exact) mass is 501 g/mol. The van der Waals surface area contributed by atoms with E-state index in [0.29, 0.717) is 33.4 Å². The van der Waals surface area contributed by atoms with E-state index in [0.717, 1.165) is 5.56 Å². The average Bonchev–Trinajstić information content (AvgIpc) is 3.17. The van der Waals surface area contributed by atoms with E-state index in [2.05, 4.69) is 34.7 Å². The van der Waals surface area contributed by atoms with E-state index >= 15 is 0 Å². The van der Waals surface area contributed by atoms with Crippen molar-refractivity contribution in [1.82, 2.24) is 20.1 Å². The average molecular weight is 502 g/mol. The first-order valence-corrected chi connectivity index (χ1v) is 12.2. The van der Waals surface area contributed by atoms with Gasteiger partial charge in [-0.3, -0.25) is 9.59 Å². The smallest absolute Gasteiger partial charge is 0.258 e. The molecule has 10 heteroatoms. The van der Waals surface area contributed by atoms with Gasteiger partial charge in [-0.2, -0.15) is 0 Å². The normalized spacial score (nSPS) is 10.9. The van der Waals surface area contributed by atoms with Crippen LogP contribution in [-0.2, 0) is 23.2 Å². The lowest BCUT2D eigenvalue weighted by molar-refractivity contribution is -0.123. The van der Waals surface area contributed by atoms with Crippen LogP contribution in [0, 0.1) is 6.92 Å². The number of rotatable bonds is 10. The van der Waals surface area contributed by atoms with Crippen molar-refractivity contribution in [1.29, 1.82) is 0 Å². The number of amides is 2. The highest BCUT2D eigenvalue weighted by Crippen LogP contribution is 2.24. The number of nitrogens with zero attached hydrogens (tertiary/aromatic N) is 3. The predicted molar refractivity (Wildman–Crippen MR) is 134 cm³/mol. The number of carbonyl (C=O) groups is 2. The standard InChI is InChI=1S/C24H28ClN5O3S/c1-15(2)17-8-10-18(11-9-17)33-13-22(31)26-12-21-28-29-24(30(21)4)34-14-23(32)27-20-7-5-6-19(25)16(20)3/h5-11,15H,12-14H2,1-4H3,(H,26,31)(H,27,32). The van der Waals surface area contributed by atoms with E-state index < -0.39 is 0 Å². The number of benzene rings is 2. The topological polar surface area (TPSA) is 98.1 Å². The van der Waals surface area contributed by atoms with Gasteiger partial charge in [0.25, 0.3) is 5.91 Å². The summed E-state index contributed by atoms with van der Waals surface area (Å²) in [6.45, 7) is 6.20. The summed E-state index contributed by atoms with van der Waals surface area (Å²) in [5, 5.41) is 15.0. The Balaban J connectivity index is 1.44. The lowest BCUT2D eigenvalue weighted by Gasteiger charge is -2.10. The molecule has 0 aliphatic carbocycles. The van der Waals surface area contributed by atoms with Gasteiger partial charge < -0.3 is 19.9 Å². The van der Waals surface area contributed by atoms with Gasteiger partial charge in [-0.25, -0.2) is 0 Å². The minimum atomic E-state index is -0.263. The minimum absolute atomic E-state index is 0.0937. The van der Waals surface area contributed by atoms with Crippen LogP contribution in [0.15, 0.2) is 47.6 Å². The molecule has 3 rings (SSSR count). The van der Waals surface area contributed by atoms with Crippen LogP contribution in [0.25, 0.3) is 0 Å². The van der Waals surface area contributed by atoms with Crippen molar-refractivity contribution >= 4 is 40.9 Å². The molecule has 0 radical (unpaired) electrons. The Morgan fingerprint density at radius 2 is 1.85 bits per heavy atom. The summed E-state index contributed by atoms with van der Waals surface area (Å²) in [6.07, 6.45) is 0. The van der Waals surface area contributed by atoms with Crippen LogP contribution in [-0.4, -0.2) is 38.9 Å². The van der Waals surface area contributed by atoms with E-state index in [4.69, 9.17) is 16.3 Å². The molecule has 0 saturated heterocycles. The zero-order valence-corrected chi connectivity index (χ0v) is 21.2. The molecule has 8 nitrogen and oxygen atoms in total. The van der Waals surface area contributed by atoms with Crippen molar-refractivity contribution in [3.05, 3.63) is 64.4 Å². The number of ether oxygens (including phenoxy) is 1. The van der Waals surface area contributed by atoms with Crippen molar-refractivity contribution in [2.24, 2.45) is 7.05 Å². The lowest BCUT2D eigenvalue weighted by Crippen LogP contribution is -2.29. The second-order valence-electron chi connectivity index (χ2n) is 8.00. The first-order valence-electron chi connectivity index (χ1n) is 10.8. The molecule has 0 aliphatic rings. The summed E-state index contributed by atoms with van der Waals surface area (Å²) in [6, 6.07) is 13.1. The Hall–Kier alpha value is -3.04. The van der Waals surface area contributed by atoms with Crippen molar-refractivity contribution in [3.8, 4) is 5.75 Å². The highest BCUT2D eigenvalue weighted by Gasteiger charge is 2.14. The third-order valence-corrected chi connectivity index (χ3v) is 6.59. The minimum Gasteiger partial charge on any atom is -0.484 e. The van der Waals surface area contributed by atoms with Crippen LogP contribution in [0.5, 0.6) is 5.75 Å². The number of hydrogen-bond donors (Lipinski definition) is 2. The van der Waals surface area contributed by atoms with Crippen molar-refractivity contribution in [2.45, 2.75) is 38.4 Å². The summed E-state index contributed by atoms with van der Waals surface area (Å²) in [5.41, 5.74) is 2.71. The van der Waals surface area contributed by atoms with Crippen LogP contribution in [0.2, 0.25) is 5.02 Å². The fourth-order valence-electron chi connectivity index (χ4n) is 3.01. The third-order valence-electron chi connectivity index (χ3n) is 5.16. The van der Waals surface area contributed by atoms with Crippen LogP contribution in [0.1, 0.15) is 36.7 Å². The molecule has 0 fully saturated rings. The number of aromatic nitrogens is 3. The molecular weight excluding hydrogens is 474 g/mol. The molecule has 1 heterocycles. The van der Waals surface area contributed by atoms with Gasteiger partial charge in [-0.1, -0.05) is 55.4 Å². The van der Waals surface area contributed by atoms with E-state index in [9.17, 15) is 9.59 Å². The van der Waals surface area contributed by atoms with Gasteiger partial charge in [-0.05, 0) is 48.2 Å². The molecule has 0 atom stereocenters. The molecule has 1 aromatic heterocycles. The second-order valence-corrected chi connectivity index (χ2v) is 9.35. The maximum absolute atomic E-state index is 12.3. The lowest BCUT2D eigenvalue weighted by atomic mass is 10.0. The van der Waals surface area contributed by atoms with E-state index in [1.807, 2.05) is 31.2 Å². The Kier molecular flexibility index (Phi) is 8.95. The molecule has 2 N–H and O–H groups in total. The molecule has 2 aromatic carbocycles. The molecule has 34 heavy (non-hydrogen) atoms. The predicted octanol–water partition coefficient (Wildman–Crippen LogP) is 4.33. The van der Waals surface area contributed by atoms with Gasteiger partial charge >= 0.3 is 0 Å². The molecular formula is C24H28ClN5O3S. The molecule has 0 bridgehead atoms. The van der Waals surface area contributed by atoms with Gasteiger partial charge in [0, 0.05) is 17.8 Å². The first kappa shape index (κ1) is 25.6. The quantitative estimate of drug-likeness (QED) is 0.401. The molecule has 0 saturated carbocycles. The Morgan fingerprint density at radius 1 is 1.12 bits per heavy atom. The zero-order valence-electron chi connectivity index (χ0n) is 19.6. The fourth-order valence-corrected chi connectivity index (χ4v) is 3.91. The molecule has 0 unspecified atom stereocenters. The van der Waals surface area contributed by atoms with E-state index in [1.54, 1.807) is 29.8 Å². The number of nitrogens with one attached hydrogen (secondary N) is 2. The van der Waals surface area contributed by atoms with Gasteiger partial charge in [0.1, 0.15) is 5.75 Å². The summed E-state index contributed by atoms with van der Waals surface area (Å²) >= 11 is 7.35. The van der Waals surface area contributed by atoms with Crippen molar-refractivity contribution in [3.63, 3.8) is 0 Å². The largest absolute Gasteiger partial charge is 0.484 e. The number of thioether (sulfide) groups is 1.